The standard InChI is InChI=1S/C20H21F2N3O3S/c1-25(10-12-6-7-15(28-20(21)22)16(8-12)27-2)11-18(26)24-19-14(9-23)13-4-3-5-17(13)29-19/h6-8,20H,3-5,10-11H2,1-2H3,(H,24,26). The Hall–Kier alpha value is -2.70. The molecule has 0 unspecified atom stereocenters. The lowest BCUT2D eigenvalue weighted by atomic mass is 10.1. The van der Waals surface area contributed by atoms with Crippen molar-refractivity contribution in [1.82, 2.24) is 4.90 Å². The van der Waals surface area contributed by atoms with Crippen molar-refractivity contribution in [2.75, 3.05) is 26.0 Å². The van der Waals surface area contributed by atoms with Gasteiger partial charge in [0, 0.05) is 11.4 Å². The molecule has 1 heterocycles. The fraction of sp³-hybridized carbons (Fsp3) is 0.400. The Morgan fingerprint density at radius 3 is 2.86 bits per heavy atom. The third-order valence-electron chi connectivity index (χ3n) is 4.60. The summed E-state index contributed by atoms with van der Waals surface area (Å²) in [6.07, 6.45) is 2.90. The third-order valence-corrected chi connectivity index (χ3v) is 5.80. The number of hydrogen-bond donors (Lipinski definition) is 1. The Morgan fingerprint density at radius 2 is 2.17 bits per heavy atom. The Labute approximate surface area is 171 Å². The number of likely N-dealkylation sites (N-methyl/N-ethyl adjacent to an activating group) is 1. The van der Waals surface area contributed by atoms with Crippen LogP contribution in [0.4, 0.5) is 13.8 Å². The minimum atomic E-state index is -2.93. The summed E-state index contributed by atoms with van der Waals surface area (Å²) >= 11 is 1.48. The van der Waals surface area contributed by atoms with Crippen LogP contribution in [-0.2, 0) is 24.2 Å². The molecular weight excluding hydrogens is 400 g/mol. The molecule has 0 saturated heterocycles. The highest BCUT2D eigenvalue weighted by atomic mass is 32.1. The van der Waals surface area contributed by atoms with Crippen LogP contribution in [0.15, 0.2) is 18.2 Å². The molecule has 1 aliphatic carbocycles. The predicted octanol–water partition coefficient (Wildman–Crippen LogP) is 3.79. The topological polar surface area (TPSA) is 74.6 Å². The third kappa shape index (κ3) is 5.02. The van der Waals surface area contributed by atoms with Gasteiger partial charge in [0.2, 0.25) is 5.91 Å². The Morgan fingerprint density at radius 1 is 1.38 bits per heavy atom. The van der Waals surface area contributed by atoms with E-state index in [4.69, 9.17) is 4.74 Å². The Bertz CT molecular complexity index is 940. The predicted molar refractivity (Wildman–Crippen MR) is 106 cm³/mol. The van der Waals surface area contributed by atoms with Gasteiger partial charge in [0.15, 0.2) is 11.5 Å². The highest BCUT2D eigenvalue weighted by Gasteiger charge is 2.23. The molecule has 0 fully saturated rings. The number of methoxy groups -OCH3 is 1. The number of fused-ring (bicyclic) bond motifs is 1. The zero-order chi connectivity index (χ0) is 21.0. The minimum absolute atomic E-state index is 0.0403. The summed E-state index contributed by atoms with van der Waals surface area (Å²) in [7, 11) is 3.15. The van der Waals surface area contributed by atoms with Gasteiger partial charge in [0.1, 0.15) is 11.1 Å². The maximum atomic E-state index is 12.4. The quantitative estimate of drug-likeness (QED) is 0.702. The molecule has 0 bridgehead atoms. The molecule has 1 aromatic heterocycles. The van der Waals surface area contributed by atoms with Crippen LogP contribution in [0.1, 0.15) is 28.0 Å². The van der Waals surface area contributed by atoms with Crippen molar-refractivity contribution in [1.29, 1.82) is 5.26 Å². The van der Waals surface area contributed by atoms with Gasteiger partial charge in [-0.05, 0) is 49.6 Å². The second-order valence-electron chi connectivity index (χ2n) is 6.76. The fourth-order valence-electron chi connectivity index (χ4n) is 3.39. The lowest BCUT2D eigenvalue weighted by molar-refractivity contribution is -0.117. The van der Waals surface area contributed by atoms with E-state index < -0.39 is 6.61 Å². The summed E-state index contributed by atoms with van der Waals surface area (Å²) in [5.74, 6) is -0.0534. The summed E-state index contributed by atoms with van der Waals surface area (Å²) in [5.41, 5.74) is 2.43. The molecule has 0 atom stereocenters. The lowest BCUT2D eigenvalue weighted by Crippen LogP contribution is -2.29. The summed E-state index contributed by atoms with van der Waals surface area (Å²) in [6.45, 7) is -2.41. The highest BCUT2D eigenvalue weighted by Crippen LogP contribution is 2.38. The molecule has 6 nitrogen and oxygen atoms in total. The molecule has 1 amide bonds. The van der Waals surface area contributed by atoms with Crippen molar-refractivity contribution >= 4 is 22.2 Å². The van der Waals surface area contributed by atoms with Crippen LogP contribution in [0.25, 0.3) is 0 Å². The van der Waals surface area contributed by atoms with Crippen LogP contribution >= 0.6 is 11.3 Å². The van der Waals surface area contributed by atoms with Gasteiger partial charge in [0.05, 0.1) is 19.2 Å². The van der Waals surface area contributed by atoms with Gasteiger partial charge in [-0.25, -0.2) is 0 Å². The molecule has 1 aromatic carbocycles. The number of rotatable bonds is 8. The Balaban J connectivity index is 1.60. The molecule has 0 saturated carbocycles. The van der Waals surface area contributed by atoms with Crippen molar-refractivity contribution in [3.05, 3.63) is 39.8 Å². The van der Waals surface area contributed by atoms with Crippen molar-refractivity contribution in [3.8, 4) is 17.6 Å². The lowest BCUT2D eigenvalue weighted by Gasteiger charge is -2.17. The zero-order valence-corrected chi connectivity index (χ0v) is 16.9. The van der Waals surface area contributed by atoms with Gasteiger partial charge < -0.3 is 14.8 Å². The molecule has 154 valence electrons. The van der Waals surface area contributed by atoms with E-state index in [9.17, 15) is 18.8 Å². The van der Waals surface area contributed by atoms with E-state index in [0.29, 0.717) is 17.1 Å². The maximum absolute atomic E-state index is 12.4. The summed E-state index contributed by atoms with van der Waals surface area (Å²) in [4.78, 5) is 15.4. The van der Waals surface area contributed by atoms with Crippen molar-refractivity contribution < 1.29 is 23.0 Å². The van der Waals surface area contributed by atoms with Gasteiger partial charge in [-0.1, -0.05) is 6.07 Å². The number of nitrogens with zero attached hydrogens (tertiary/aromatic N) is 2. The summed E-state index contributed by atoms with van der Waals surface area (Å²) in [5, 5.41) is 12.9. The number of thiophene rings is 1. The van der Waals surface area contributed by atoms with E-state index in [2.05, 4.69) is 16.1 Å². The largest absolute Gasteiger partial charge is 0.493 e. The van der Waals surface area contributed by atoms with Crippen LogP contribution in [0, 0.1) is 11.3 Å². The molecule has 29 heavy (non-hydrogen) atoms. The first-order valence-corrected chi connectivity index (χ1v) is 9.87. The molecule has 0 radical (unpaired) electrons. The number of nitriles is 1. The van der Waals surface area contributed by atoms with Gasteiger partial charge in [-0.2, -0.15) is 14.0 Å². The van der Waals surface area contributed by atoms with Crippen LogP contribution in [0.5, 0.6) is 11.5 Å². The fourth-order valence-corrected chi connectivity index (χ4v) is 4.65. The summed E-state index contributed by atoms with van der Waals surface area (Å²) in [6, 6.07) is 6.87. The number of carbonyl (C=O) groups excluding carboxylic acids is 1. The van der Waals surface area contributed by atoms with E-state index >= 15 is 0 Å². The number of alkyl halides is 2. The summed E-state index contributed by atoms with van der Waals surface area (Å²) < 4.78 is 34.4. The molecule has 0 spiro atoms. The van der Waals surface area contributed by atoms with Crippen LogP contribution < -0.4 is 14.8 Å². The monoisotopic (exact) mass is 421 g/mol. The number of carbonyl (C=O) groups is 1. The molecule has 3 rings (SSSR count). The first-order chi connectivity index (χ1) is 13.9. The minimum Gasteiger partial charge on any atom is -0.493 e. The van der Waals surface area contributed by atoms with E-state index in [0.717, 1.165) is 30.4 Å². The number of aryl methyl sites for hydroxylation is 1. The SMILES string of the molecule is COc1cc(CN(C)CC(=O)Nc2sc3c(c2C#N)CCC3)ccc1OC(F)F. The Kier molecular flexibility index (Phi) is 6.67. The van der Waals surface area contributed by atoms with Gasteiger partial charge in [0.25, 0.3) is 0 Å². The first kappa shape index (κ1) is 21.0. The van der Waals surface area contributed by atoms with Crippen LogP contribution in [0.2, 0.25) is 0 Å². The van der Waals surface area contributed by atoms with Crippen molar-refractivity contribution in [2.45, 2.75) is 32.4 Å². The second kappa shape index (κ2) is 9.20. The number of amides is 1. The molecular formula is C20H21F2N3O3S. The molecule has 2 aromatic rings. The van der Waals surface area contributed by atoms with Gasteiger partial charge in [-0.3, -0.25) is 9.69 Å². The number of halogens is 2. The average Bonchev–Trinajstić information content (AvgIpc) is 3.22. The number of ether oxygens (including phenoxy) is 2. The van der Waals surface area contributed by atoms with Crippen molar-refractivity contribution in [3.63, 3.8) is 0 Å². The molecule has 1 N–H and O–H groups in total. The number of benzene rings is 1. The zero-order valence-electron chi connectivity index (χ0n) is 16.1. The smallest absolute Gasteiger partial charge is 0.387 e. The number of hydrogen-bond acceptors (Lipinski definition) is 6. The average molecular weight is 421 g/mol. The first-order valence-electron chi connectivity index (χ1n) is 9.06. The molecule has 0 aliphatic heterocycles. The second-order valence-corrected chi connectivity index (χ2v) is 7.86. The van der Waals surface area contributed by atoms with E-state index in [1.54, 1.807) is 24.1 Å². The van der Waals surface area contributed by atoms with Gasteiger partial charge in [-0.15, -0.1) is 11.3 Å². The van der Waals surface area contributed by atoms with E-state index in [1.807, 2.05) is 0 Å². The maximum Gasteiger partial charge on any atom is 0.387 e. The highest BCUT2D eigenvalue weighted by molar-refractivity contribution is 7.16. The van der Waals surface area contributed by atoms with E-state index in [-0.39, 0.29) is 24.0 Å². The molecule has 9 heteroatoms. The van der Waals surface area contributed by atoms with Crippen LogP contribution in [0.3, 0.4) is 0 Å². The number of nitrogens with one attached hydrogen (secondary N) is 1. The van der Waals surface area contributed by atoms with Crippen LogP contribution in [-0.4, -0.2) is 38.1 Å². The molecule has 1 aliphatic rings. The number of anilines is 1. The van der Waals surface area contributed by atoms with Gasteiger partial charge >= 0.3 is 6.61 Å². The normalized spacial score (nSPS) is 12.7. The van der Waals surface area contributed by atoms with Crippen molar-refractivity contribution in [2.24, 2.45) is 0 Å². The van der Waals surface area contributed by atoms with E-state index in [1.165, 1.54) is 29.4 Å².